The number of para-hydroxylation sites is 2. The molecule has 0 aliphatic heterocycles. The summed E-state index contributed by atoms with van der Waals surface area (Å²) in [5, 5.41) is 12.1. The number of ether oxygens (including phenoxy) is 1. The van der Waals surface area contributed by atoms with Gasteiger partial charge in [0.1, 0.15) is 5.75 Å². The van der Waals surface area contributed by atoms with Gasteiger partial charge in [-0.1, -0.05) is 48.5 Å². The van der Waals surface area contributed by atoms with Crippen LogP contribution in [0.1, 0.15) is 19.3 Å². The summed E-state index contributed by atoms with van der Waals surface area (Å²) < 4.78 is 8.95. The number of hydrogen-bond acceptors (Lipinski definition) is 4. The van der Waals surface area contributed by atoms with E-state index in [1.807, 2.05) is 36.4 Å². The zero-order valence-corrected chi connectivity index (χ0v) is 18.6. The van der Waals surface area contributed by atoms with E-state index < -0.39 is 6.03 Å². The number of rotatable bonds is 9. The van der Waals surface area contributed by atoms with Crippen LogP contribution >= 0.6 is 12.2 Å². The van der Waals surface area contributed by atoms with Crippen molar-refractivity contribution in [2.75, 3.05) is 23.8 Å². The molecule has 0 atom stereocenters. The first kappa shape index (κ1) is 22.6. The molecule has 160 valence electrons. The van der Waals surface area contributed by atoms with Crippen molar-refractivity contribution < 1.29 is 9.53 Å². The third-order valence-electron chi connectivity index (χ3n) is 4.61. The molecule has 2 amide bonds. The van der Waals surface area contributed by atoms with Crippen LogP contribution in [-0.2, 0) is 12.4 Å². The lowest BCUT2D eigenvalue weighted by atomic mass is 10.1. The Labute approximate surface area is 192 Å². The summed E-state index contributed by atoms with van der Waals surface area (Å²) in [6, 6.07) is 21.0. The van der Waals surface area contributed by atoms with Gasteiger partial charge in [-0.05, 0) is 55.1 Å². The van der Waals surface area contributed by atoms with Gasteiger partial charge in [-0.25, -0.2) is 4.79 Å². The second kappa shape index (κ2) is 11.9. The molecule has 0 radical (unpaired) electrons. The van der Waals surface area contributed by atoms with Gasteiger partial charge in [-0.3, -0.25) is 0 Å². The molecule has 0 aromatic heterocycles. The third kappa shape index (κ3) is 6.97. The number of benzene rings is 3. The molecule has 0 unspecified atom stereocenters. The Kier molecular flexibility index (Phi) is 8.69. The van der Waals surface area contributed by atoms with Crippen LogP contribution in [-0.4, -0.2) is 24.3 Å². The first-order valence-corrected chi connectivity index (χ1v) is 10.8. The lowest BCUT2D eigenvalue weighted by Crippen LogP contribution is -2.29. The van der Waals surface area contributed by atoms with Crippen LogP contribution in [0.2, 0.25) is 0 Å². The molecule has 0 saturated carbocycles. The third-order valence-corrected chi connectivity index (χ3v) is 5.03. The quantitative estimate of drug-likeness (QED) is 0.288. The highest BCUT2D eigenvalue weighted by Crippen LogP contribution is 2.24. The van der Waals surface area contributed by atoms with Crippen LogP contribution in [0.15, 0.2) is 71.1 Å². The lowest BCUT2D eigenvalue weighted by Gasteiger charge is -2.13. The molecule has 0 spiro atoms. The number of hydrogen-bond donors (Lipinski definition) is 3. The highest BCUT2D eigenvalue weighted by Gasteiger charge is 2.06. The molecule has 0 bridgehead atoms. The first-order valence-electron chi connectivity index (χ1n) is 10.1. The predicted octanol–water partition coefficient (Wildman–Crippen LogP) is 5.64. The number of nitrogens with one attached hydrogen (secondary N) is 3. The summed E-state index contributed by atoms with van der Waals surface area (Å²) in [6.07, 6.45) is 2.84. The molecule has 3 N–H and O–H groups in total. The van der Waals surface area contributed by atoms with E-state index in [4.69, 9.17) is 17.0 Å². The zero-order valence-electron chi connectivity index (χ0n) is 17.0. The van der Waals surface area contributed by atoms with Crippen molar-refractivity contribution in [3.63, 3.8) is 0 Å². The van der Waals surface area contributed by atoms with Gasteiger partial charge in [0.05, 0.1) is 12.3 Å². The topological polar surface area (TPSA) is 74.8 Å². The normalized spacial score (nSPS) is 10.3. The largest absolute Gasteiger partial charge is 0.491 e. The van der Waals surface area contributed by atoms with E-state index in [1.165, 1.54) is 5.39 Å². The fourth-order valence-corrected chi connectivity index (χ4v) is 3.38. The summed E-state index contributed by atoms with van der Waals surface area (Å²) in [7, 11) is 0. The smallest absolute Gasteiger partial charge is 0.356 e. The summed E-state index contributed by atoms with van der Waals surface area (Å²) in [4.78, 5) is 11.4. The second-order valence-corrected chi connectivity index (χ2v) is 7.43. The molecular formula is C23H24N4O2S2. The van der Waals surface area contributed by atoms with E-state index in [2.05, 4.69) is 50.9 Å². The summed E-state index contributed by atoms with van der Waals surface area (Å²) in [5.74, 6) is 0.605. The van der Waals surface area contributed by atoms with Crippen molar-refractivity contribution in [3.8, 4) is 5.75 Å². The molecule has 6 nitrogen and oxygen atoms in total. The van der Waals surface area contributed by atoms with Gasteiger partial charge in [0.2, 0.25) is 0 Å². The van der Waals surface area contributed by atoms with Gasteiger partial charge in [0.25, 0.3) is 0 Å². The molecule has 3 aromatic carbocycles. The van der Waals surface area contributed by atoms with E-state index >= 15 is 0 Å². The van der Waals surface area contributed by atoms with Crippen LogP contribution in [0.3, 0.4) is 0 Å². The molecule has 31 heavy (non-hydrogen) atoms. The summed E-state index contributed by atoms with van der Waals surface area (Å²) in [6.45, 7) is 1.33. The van der Waals surface area contributed by atoms with Crippen LogP contribution in [0.25, 0.3) is 10.8 Å². The number of amides is 2. The highest BCUT2D eigenvalue weighted by atomic mass is 32.1. The van der Waals surface area contributed by atoms with E-state index in [1.54, 1.807) is 12.1 Å². The maximum absolute atomic E-state index is 11.4. The average molecular weight is 453 g/mol. The summed E-state index contributed by atoms with van der Waals surface area (Å²) >= 11 is 9.82. The van der Waals surface area contributed by atoms with Gasteiger partial charge >= 0.3 is 6.03 Å². The molecule has 0 saturated heterocycles. The van der Waals surface area contributed by atoms with Gasteiger partial charge < -0.3 is 20.7 Å². The maximum atomic E-state index is 11.4. The van der Waals surface area contributed by atoms with Crippen molar-refractivity contribution in [2.45, 2.75) is 19.3 Å². The molecule has 8 heteroatoms. The van der Waals surface area contributed by atoms with Crippen molar-refractivity contribution in [1.82, 2.24) is 5.32 Å². The number of unbranched alkanes of at least 4 members (excludes halogenated alkanes) is 2. The van der Waals surface area contributed by atoms with Crippen LogP contribution in [0.5, 0.6) is 5.75 Å². The molecule has 0 heterocycles. The SMILES string of the molecule is O=C(N=S)Nc1ccccc1OCCCCCNC(=S)Nc1cccc2ccccc12. The van der Waals surface area contributed by atoms with Crippen LogP contribution < -0.4 is 20.7 Å². The number of thiocarbonyl (C=S) groups is 1. The Morgan fingerprint density at radius 2 is 1.61 bits per heavy atom. The van der Waals surface area contributed by atoms with Crippen LogP contribution in [0, 0.1) is 0 Å². The monoisotopic (exact) mass is 452 g/mol. The number of carbonyl (C=O) groups excluding carboxylic acids is 1. The molecule has 0 aliphatic rings. The second-order valence-electron chi connectivity index (χ2n) is 6.83. The van der Waals surface area contributed by atoms with Crippen molar-refractivity contribution >= 4 is 57.9 Å². The Bertz CT molecular complexity index is 1050. The first-order chi connectivity index (χ1) is 15.2. The average Bonchev–Trinajstić information content (AvgIpc) is 2.79. The van der Waals surface area contributed by atoms with Gasteiger partial charge in [-0.15, -0.1) is 4.36 Å². The number of urea groups is 1. The van der Waals surface area contributed by atoms with Crippen LogP contribution in [0.4, 0.5) is 16.2 Å². The molecule has 3 rings (SSSR count). The van der Waals surface area contributed by atoms with Crippen molar-refractivity contribution in [3.05, 3.63) is 66.7 Å². The molecule has 0 fully saturated rings. The van der Waals surface area contributed by atoms with Gasteiger partial charge in [-0.2, -0.15) is 0 Å². The number of fused-ring (bicyclic) bond motifs is 1. The fourth-order valence-electron chi connectivity index (χ4n) is 3.12. The number of anilines is 2. The van der Waals surface area contributed by atoms with Gasteiger partial charge in [0.15, 0.2) is 5.11 Å². The Morgan fingerprint density at radius 1 is 0.871 bits per heavy atom. The van der Waals surface area contributed by atoms with E-state index in [0.29, 0.717) is 23.2 Å². The van der Waals surface area contributed by atoms with Crippen molar-refractivity contribution in [1.29, 1.82) is 0 Å². The fraction of sp³-hybridized carbons (Fsp3) is 0.217. The van der Waals surface area contributed by atoms with E-state index in [-0.39, 0.29) is 0 Å². The number of nitrogens with zero attached hydrogens (tertiary/aromatic N) is 1. The minimum Gasteiger partial charge on any atom is -0.491 e. The Morgan fingerprint density at radius 3 is 2.48 bits per heavy atom. The van der Waals surface area contributed by atoms with E-state index in [0.717, 1.165) is 36.9 Å². The van der Waals surface area contributed by atoms with Gasteiger partial charge in [0, 0.05) is 30.0 Å². The molecular weight excluding hydrogens is 428 g/mol. The standard InChI is InChI=1S/C23H24N4O2S2/c28-22(27-31)25-20-12-4-5-14-21(20)29-16-7-1-6-15-24-23(30)26-19-13-8-10-17-9-2-3-11-18(17)19/h2-5,8-14H,1,6-7,15-16H2,(H,25,28)(H2,24,26,30). The minimum atomic E-state index is -0.579. The predicted molar refractivity (Wildman–Crippen MR) is 133 cm³/mol. The highest BCUT2D eigenvalue weighted by molar-refractivity contribution is 7.80. The minimum absolute atomic E-state index is 0.552. The van der Waals surface area contributed by atoms with Crippen molar-refractivity contribution in [2.24, 2.45) is 4.36 Å². The Balaban J connectivity index is 1.34. The van der Waals surface area contributed by atoms with E-state index in [9.17, 15) is 4.79 Å². The number of carbonyl (C=O) groups is 1. The zero-order chi connectivity index (χ0) is 21.9. The summed E-state index contributed by atoms with van der Waals surface area (Å²) in [5.41, 5.74) is 1.56. The Hall–Kier alpha value is -3.10. The lowest BCUT2D eigenvalue weighted by molar-refractivity contribution is 0.259. The maximum Gasteiger partial charge on any atom is 0.356 e. The molecule has 3 aromatic rings. The molecule has 0 aliphatic carbocycles.